The number of fused-ring (bicyclic) bond motifs is 1. The van der Waals surface area contributed by atoms with Crippen molar-refractivity contribution in [1.29, 1.82) is 0 Å². The summed E-state index contributed by atoms with van der Waals surface area (Å²) in [5, 5.41) is 0.794. The molecular formula is C26H28N4O5. The zero-order valence-corrected chi connectivity index (χ0v) is 20.0. The third-order valence-electron chi connectivity index (χ3n) is 6.02. The van der Waals surface area contributed by atoms with Crippen molar-refractivity contribution in [2.24, 2.45) is 0 Å². The fourth-order valence-electron chi connectivity index (χ4n) is 4.13. The van der Waals surface area contributed by atoms with Crippen LogP contribution in [0.3, 0.4) is 0 Å². The minimum Gasteiger partial charge on any atom is -0.496 e. The standard InChI is InChI=1S/C26H28N4O5/c1-4-5-14-29-23(27)21(24(31)28-26(29)33)30(15-17-10-6-8-12-19(17)34-3)25(32)22-16(2)18-11-7-9-13-20(18)35-22/h6-13H,4-5,14-15,27H2,1-3H3,(H,28,31,33). The molecule has 2 aromatic carbocycles. The summed E-state index contributed by atoms with van der Waals surface area (Å²) in [6.07, 6.45) is 1.50. The molecule has 0 unspecified atom stereocenters. The topological polar surface area (TPSA) is 124 Å². The van der Waals surface area contributed by atoms with Gasteiger partial charge in [-0.25, -0.2) is 4.79 Å². The summed E-state index contributed by atoms with van der Waals surface area (Å²) in [5.41, 5.74) is 6.74. The molecule has 0 saturated carbocycles. The first-order valence-electron chi connectivity index (χ1n) is 11.4. The first-order chi connectivity index (χ1) is 16.9. The summed E-state index contributed by atoms with van der Waals surface area (Å²) in [4.78, 5) is 43.1. The van der Waals surface area contributed by atoms with Gasteiger partial charge >= 0.3 is 5.69 Å². The van der Waals surface area contributed by atoms with E-state index >= 15 is 0 Å². The summed E-state index contributed by atoms with van der Waals surface area (Å²) in [6, 6.07) is 14.5. The lowest BCUT2D eigenvalue weighted by Gasteiger charge is -2.25. The Morgan fingerprint density at radius 3 is 2.57 bits per heavy atom. The molecule has 1 amide bonds. The molecule has 4 rings (SSSR count). The number of aryl methyl sites for hydroxylation is 1. The number of carbonyl (C=O) groups is 1. The Morgan fingerprint density at radius 2 is 1.86 bits per heavy atom. The summed E-state index contributed by atoms with van der Waals surface area (Å²) in [5.74, 6) is -0.00107. The van der Waals surface area contributed by atoms with Crippen LogP contribution < -0.4 is 26.6 Å². The molecule has 2 heterocycles. The van der Waals surface area contributed by atoms with Gasteiger partial charge in [-0.3, -0.25) is 24.0 Å². The molecule has 0 atom stereocenters. The van der Waals surface area contributed by atoms with E-state index in [0.29, 0.717) is 35.4 Å². The van der Waals surface area contributed by atoms with E-state index in [1.165, 1.54) is 16.6 Å². The zero-order chi connectivity index (χ0) is 25.1. The Balaban J connectivity index is 1.92. The highest BCUT2D eigenvalue weighted by Crippen LogP contribution is 2.30. The average Bonchev–Trinajstić information content (AvgIpc) is 3.19. The number of methoxy groups -OCH3 is 1. The highest BCUT2D eigenvalue weighted by molar-refractivity contribution is 6.08. The van der Waals surface area contributed by atoms with E-state index in [1.807, 2.05) is 37.3 Å². The number of ether oxygens (including phenoxy) is 1. The highest BCUT2D eigenvalue weighted by atomic mass is 16.5. The van der Waals surface area contributed by atoms with Gasteiger partial charge in [-0.1, -0.05) is 49.7 Å². The summed E-state index contributed by atoms with van der Waals surface area (Å²) in [6.45, 7) is 4.05. The number of para-hydroxylation sites is 2. The Hall–Kier alpha value is -4.27. The van der Waals surface area contributed by atoms with Crippen molar-refractivity contribution >= 4 is 28.4 Å². The smallest absolute Gasteiger partial charge is 0.330 e. The molecule has 0 spiro atoms. The lowest BCUT2D eigenvalue weighted by molar-refractivity contribution is 0.0959. The van der Waals surface area contributed by atoms with Crippen molar-refractivity contribution in [3.05, 3.63) is 86.3 Å². The lowest BCUT2D eigenvalue weighted by atomic mass is 10.1. The van der Waals surface area contributed by atoms with Gasteiger partial charge in [-0.2, -0.15) is 0 Å². The molecule has 0 radical (unpaired) electrons. The van der Waals surface area contributed by atoms with Crippen LogP contribution in [0, 0.1) is 6.92 Å². The lowest BCUT2D eigenvalue weighted by Crippen LogP contribution is -2.41. The first-order valence-corrected chi connectivity index (χ1v) is 11.4. The molecule has 9 heteroatoms. The number of amides is 1. The van der Waals surface area contributed by atoms with Crippen LogP contribution in [-0.4, -0.2) is 22.6 Å². The van der Waals surface area contributed by atoms with E-state index in [4.69, 9.17) is 14.9 Å². The predicted octanol–water partition coefficient (Wildman–Crippen LogP) is 3.83. The van der Waals surface area contributed by atoms with Gasteiger partial charge in [0.1, 0.15) is 17.2 Å². The molecule has 0 fully saturated rings. The van der Waals surface area contributed by atoms with Gasteiger partial charge in [0.15, 0.2) is 11.4 Å². The number of anilines is 2. The number of nitrogens with one attached hydrogen (secondary N) is 1. The summed E-state index contributed by atoms with van der Waals surface area (Å²) >= 11 is 0. The van der Waals surface area contributed by atoms with Crippen LogP contribution in [0.5, 0.6) is 5.75 Å². The molecule has 4 aromatic rings. The van der Waals surface area contributed by atoms with Crippen LogP contribution in [0.15, 0.2) is 62.5 Å². The SMILES string of the molecule is CCCCn1c(N)c(N(Cc2ccccc2OC)C(=O)c2oc3ccccc3c2C)c(=O)[nH]c1=O. The zero-order valence-electron chi connectivity index (χ0n) is 20.0. The van der Waals surface area contributed by atoms with Crippen LogP contribution in [-0.2, 0) is 13.1 Å². The van der Waals surface area contributed by atoms with Gasteiger partial charge in [0, 0.05) is 23.1 Å². The van der Waals surface area contributed by atoms with Crippen LogP contribution >= 0.6 is 0 Å². The molecular weight excluding hydrogens is 448 g/mol. The van der Waals surface area contributed by atoms with Gasteiger partial charge in [-0.15, -0.1) is 0 Å². The second-order valence-electron chi connectivity index (χ2n) is 8.25. The Kier molecular flexibility index (Phi) is 6.77. The Bertz CT molecular complexity index is 1500. The van der Waals surface area contributed by atoms with Gasteiger partial charge in [0.2, 0.25) is 0 Å². The summed E-state index contributed by atoms with van der Waals surface area (Å²) < 4.78 is 12.7. The maximum atomic E-state index is 14.0. The fourth-order valence-corrected chi connectivity index (χ4v) is 4.13. The van der Waals surface area contributed by atoms with Gasteiger partial charge in [0.25, 0.3) is 11.5 Å². The Morgan fingerprint density at radius 1 is 1.14 bits per heavy atom. The number of nitrogens with zero attached hydrogens (tertiary/aromatic N) is 2. The molecule has 9 nitrogen and oxygen atoms in total. The number of hydrogen-bond donors (Lipinski definition) is 2. The normalized spacial score (nSPS) is 11.1. The second-order valence-corrected chi connectivity index (χ2v) is 8.25. The Labute approximate surface area is 201 Å². The number of rotatable bonds is 8. The van der Waals surface area contributed by atoms with Crippen LogP contribution in [0.4, 0.5) is 11.5 Å². The quantitative estimate of drug-likeness (QED) is 0.398. The summed E-state index contributed by atoms with van der Waals surface area (Å²) in [7, 11) is 1.53. The molecule has 182 valence electrons. The number of nitrogens with two attached hydrogens (primary N) is 1. The van der Waals surface area contributed by atoms with Gasteiger partial charge in [-0.05, 0) is 25.5 Å². The second kappa shape index (κ2) is 9.92. The molecule has 0 aliphatic rings. The van der Waals surface area contributed by atoms with E-state index in [-0.39, 0.29) is 23.8 Å². The number of H-pyrrole nitrogens is 1. The minimum atomic E-state index is -0.753. The van der Waals surface area contributed by atoms with Crippen LogP contribution in [0.1, 0.15) is 41.4 Å². The average molecular weight is 477 g/mol. The van der Waals surface area contributed by atoms with E-state index < -0.39 is 17.2 Å². The largest absolute Gasteiger partial charge is 0.496 e. The van der Waals surface area contributed by atoms with E-state index in [2.05, 4.69) is 4.98 Å². The predicted molar refractivity (Wildman–Crippen MR) is 135 cm³/mol. The number of aromatic nitrogens is 2. The van der Waals surface area contributed by atoms with E-state index in [0.717, 1.165) is 11.8 Å². The van der Waals surface area contributed by atoms with Gasteiger partial charge < -0.3 is 14.9 Å². The molecule has 35 heavy (non-hydrogen) atoms. The number of unbranched alkanes of at least 4 members (excludes halogenated alkanes) is 1. The third-order valence-corrected chi connectivity index (χ3v) is 6.02. The molecule has 0 aliphatic carbocycles. The molecule has 2 aromatic heterocycles. The third kappa shape index (κ3) is 4.44. The molecule has 3 N–H and O–H groups in total. The number of hydrogen-bond acceptors (Lipinski definition) is 6. The molecule has 0 saturated heterocycles. The van der Waals surface area contributed by atoms with Crippen molar-refractivity contribution < 1.29 is 13.9 Å². The van der Waals surface area contributed by atoms with Crippen LogP contribution in [0.2, 0.25) is 0 Å². The number of aromatic amines is 1. The first kappa shape index (κ1) is 23.9. The fraction of sp³-hybridized carbons (Fsp3) is 0.269. The minimum absolute atomic E-state index is 0.0292. The van der Waals surface area contributed by atoms with Gasteiger partial charge in [0.05, 0.1) is 13.7 Å². The maximum Gasteiger partial charge on any atom is 0.330 e. The maximum absolute atomic E-state index is 14.0. The van der Waals surface area contributed by atoms with Crippen molar-refractivity contribution in [2.75, 3.05) is 17.7 Å². The monoisotopic (exact) mass is 476 g/mol. The number of furan rings is 1. The van der Waals surface area contributed by atoms with E-state index in [1.54, 1.807) is 25.1 Å². The highest BCUT2D eigenvalue weighted by Gasteiger charge is 2.30. The van der Waals surface area contributed by atoms with Crippen molar-refractivity contribution in [1.82, 2.24) is 9.55 Å². The van der Waals surface area contributed by atoms with Crippen molar-refractivity contribution in [2.45, 2.75) is 39.8 Å². The van der Waals surface area contributed by atoms with E-state index in [9.17, 15) is 14.4 Å². The van der Waals surface area contributed by atoms with Crippen molar-refractivity contribution in [3.63, 3.8) is 0 Å². The number of benzene rings is 2. The van der Waals surface area contributed by atoms with Crippen molar-refractivity contribution in [3.8, 4) is 5.75 Å². The number of carbonyl (C=O) groups excluding carboxylic acids is 1. The van der Waals surface area contributed by atoms with Crippen LogP contribution in [0.25, 0.3) is 11.0 Å². The number of nitrogen functional groups attached to an aromatic ring is 1. The molecule has 0 aliphatic heterocycles. The molecule has 0 bridgehead atoms.